The summed E-state index contributed by atoms with van der Waals surface area (Å²) >= 11 is 6.14. The maximum absolute atomic E-state index is 12.0. The Bertz CT molecular complexity index is 854. The van der Waals surface area contributed by atoms with Crippen LogP contribution in [0.4, 0.5) is 0 Å². The largest absolute Gasteiger partial charge is 0.351 e. The lowest BCUT2D eigenvalue weighted by molar-refractivity contribution is -0.885. The van der Waals surface area contributed by atoms with Crippen LogP contribution in [0.2, 0.25) is 5.02 Å². The Morgan fingerprint density at radius 2 is 1.81 bits per heavy atom. The molecule has 6 nitrogen and oxygen atoms in total. The molecular formula is C18H23ClN3O3S+. The molecule has 0 spiro atoms. The average Bonchev–Trinajstić information content (AvgIpc) is 2.56. The molecule has 2 aromatic rings. The van der Waals surface area contributed by atoms with Crippen LogP contribution in [0.25, 0.3) is 0 Å². The van der Waals surface area contributed by atoms with Gasteiger partial charge in [0.1, 0.15) is 6.54 Å². The summed E-state index contributed by atoms with van der Waals surface area (Å²) in [4.78, 5) is 13.2. The third-order valence-electron chi connectivity index (χ3n) is 3.90. The molecule has 8 heteroatoms. The number of amides is 1. The molecule has 0 saturated carbocycles. The van der Waals surface area contributed by atoms with Crippen LogP contribution < -0.4 is 15.4 Å². The SMILES string of the molecule is C[NH+](CC(=O)NCCc1ccc(S(N)(=O)=O)cc1)Cc1ccccc1Cl. The summed E-state index contributed by atoms with van der Waals surface area (Å²) in [5, 5.41) is 8.64. The van der Waals surface area contributed by atoms with E-state index in [2.05, 4.69) is 5.32 Å². The van der Waals surface area contributed by atoms with Gasteiger partial charge in [-0.2, -0.15) is 0 Å². The van der Waals surface area contributed by atoms with E-state index in [-0.39, 0.29) is 10.8 Å². The van der Waals surface area contributed by atoms with Gasteiger partial charge in [-0.15, -0.1) is 0 Å². The lowest BCUT2D eigenvalue weighted by atomic mass is 10.1. The minimum absolute atomic E-state index is 0.0456. The van der Waals surface area contributed by atoms with Crippen molar-refractivity contribution >= 4 is 27.5 Å². The predicted octanol–water partition coefficient (Wildman–Crippen LogP) is 0.361. The molecule has 0 fully saturated rings. The van der Waals surface area contributed by atoms with Gasteiger partial charge in [0.15, 0.2) is 6.54 Å². The Kier molecular flexibility index (Phi) is 7.16. The van der Waals surface area contributed by atoms with Crippen molar-refractivity contribution in [2.45, 2.75) is 17.9 Å². The van der Waals surface area contributed by atoms with Crippen LogP contribution in [-0.4, -0.2) is 34.5 Å². The molecule has 0 aliphatic rings. The zero-order valence-corrected chi connectivity index (χ0v) is 16.1. The van der Waals surface area contributed by atoms with Crippen molar-refractivity contribution in [3.63, 3.8) is 0 Å². The molecule has 4 N–H and O–H groups in total. The Hall–Kier alpha value is -1.93. The number of quaternary nitrogens is 1. The van der Waals surface area contributed by atoms with Crippen molar-refractivity contribution in [2.75, 3.05) is 20.1 Å². The highest BCUT2D eigenvalue weighted by molar-refractivity contribution is 7.89. The number of benzene rings is 2. The molecule has 0 radical (unpaired) electrons. The van der Waals surface area contributed by atoms with Gasteiger partial charge < -0.3 is 10.2 Å². The van der Waals surface area contributed by atoms with Crippen molar-refractivity contribution in [3.05, 3.63) is 64.7 Å². The zero-order chi connectivity index (χ0) is 19.2. The minimum Gasteiger partial charge on any atom is -0.351 e. The van der Waals surface area contributed by atoms with E-state index in [9.17, 15) is 13.2 Å². The number of nitrogens with one attached hydrogen (secondary N) is 2. The number of carbonyl (C=O) groups is 1. The number of halogens is 1. The van der Waals surface area contributed by atoms with Crippen molar-refractivity contribution < 1.29 is 18.1 Å². The number of sulfonamides is 1. The van der Waals surface area contributed by atoms with Crippen molar-refractivity contribution in [1.29, 1.82) is 0 Å². The van der Waals surface area contributed by atoms with Crippen LogP contribution in [0.1, 0.15) is 11.1 Å². The fourth-order valence-corrected chi connectivity index (χ4v) is 3.28. The maximum atomic E-state index is 12.0. The summed E-state index contributed by atoms with van der Waals surface area (Å²) in [5.74, 6) is -0.0456. The Morgan fingerprint density at radius 3 is 2.42 bits per heavy atom. The first-order valence-corrected chi connectivity index (χ1v) is 10.1. The van der Waals surface area contributed by atoms with E-state index in [0.29, 0.717) is 31.1 Å². The van der Waals surface area contributed by atoms with Crippen molar-refractivity contribution in [3.8, 4) is 0 Å². The smallest absolute Gasteiger partial charge is 0.275 e. The van der Waals surface area contributed by atoms with Crippen LogP contribution in [0.5, 0.6) is 0 Å². The summed E-state index contributed by atoms with van der Waals surface area (Å²) in [6, 6.07) is 13.9. The molecule has 2 rings (SSSR count). The van der Waals surface area contributed by atoms with Gasteiger partial charge in [0.25, 0.3) is 5.91 Å². The topological polar surface area (TPSA) is 93.7 Å². The fraction of sp³-hybridized carbons (Fsp3) is 0.278. The van der Waals surface area contributed by atoms with Crippen LogP contribution >= 0.6 is 11.6 Å². The molecule has 1 unspecified atom stereocenters. The maximum Gasteiger partial charge on any atom is 0.275 e. The van der Waals surface area contributed by atoms with E-state index in [0.717, 1.165) is 16.0 Å². The first-order valence-electron chi connectivity index (χ1n) is 8.19. The number of hydrogen-bond donors (Lipinski definition) is 3. The second kappa shape index (κ2) is 9.14. The zero-order valence-electron chi connectivity index (χ0n) is 14.5. The molecule has 2 aromatic carbocycles. The van der Waals surface area contributed by atoms with Crippen LogP contribution in [0.15, 0.2) is 53.4 Å². The molecule has 1 atom stereocenters. The Balaban J connectivity index is 1.75. The molecule has 0 heterocycles. The average molecular weight is 397 g/mol. The van der Waals surface area contributed by atoms with Gasteiger partial charge in [0.2, 0.25) is 10.0 Å². The second-order valence-corrected chi connectivity index (χ2v) is 8.16. The standard InChI is InChI=1S/C18H22ClN3O3S/c1-22(12-15-4-2-3-5-17(15)19)13-18(23)21-11-10-14-6-8-16(9-7-14)26(20,24)25/h2-9H,10-13H2,1H3,(H,21,23)(H2,20,24,25)/p+1. The van der Waals surface area contributed by atoms with Crippen LogP contribution in [0, 0.1) is 0 Å². The van der Waals surface area contributed by atoms with E-state index < -0.39 is 10.0 Å². The Morgan fingerprint density at radius 1 is 1.15 bits per heavy atom. The van der Waals surface area contributed by atoms with Gasteiger partial charge in [-0.3, -0.25) is 4.79 Å². The lowest BCUT2D eigenvalue weighted by Gasteiger charge is -2.14. The van der Waals surface area contributed by atoms with E-state index in [1.807, 2.05) is 31.3 Å². The molecule has 0 saturated heterocycles. The van der Waals surface area contributed by atoms with E-state index >= 15 is 0 Å². The Labute approximate surface area is 159 Å². The lowest BCUT2D eigenvalue weighted by Crippen LogP contribution is -3.08. The van der Waals surface area contributed by atoms with E-state index in [1.165, 1.54) is 12.1 Å². The normalized spacial score (nSPS) is 12.6. The summed E-state index contributed by atoms with van der Waals surface area (Å²) in [5.41, 5.74) is 1.93. The molecule has 0 aliphatic heterocycles. The summed E-state index contributed by atoms with van der Waals surface area (Å²) in [6.45, 7) is 1.49. The highest BCUT2D eigenvalue weighted by Crippen LogP contribution is 2.13. The number of rotatable bonds is 8. The summed E-state index contributed by atoms with van der Waals surface area (Å²) < 4.78 is 22.4. The second-order valence-electron chi connectivity index (χ2n) is 6.19. The molecule has 26 heavy (non-hydrogen) atoms. The molecular weight excluding hydrogens is 374 g/mol. The van der Waals surface area contributed by atoms with E-state index in [1.54, 1.807) is 12.1 Å². The monoisotopic (exact) mass is 396 g/mol. The predicted molar refractivity (Wildman–Crippen MR) is 101 cm³/mol. The summed E-state index contributed by atoms with van der Waals surface area (Å²) in [7, 11) is -1.74. The van der Waals surface area contributed by atoms with Gasteiger partial charge in [0, 0.05) is 17.1 Å². The molecule has 0 aliphatic carbocycles. The number of carbonyl (C=O) groups excluding carboxylic acids is 1. The third-order valence-corrected chi connectivity index (χ3v) is 5.20. The van der Waals surface area contributed by atoms with Gasteiger partial charge in [-0.05, 0) is 30.2 Å². The minimum atomic E-state index is -3.68. The van der Waals surface area contributed by atoms with Gasteiger partial charge in [-0.25, -0.2) is 13.6 Å². The first kappa shape index (κ1) is 20.4. The quantitative estimate of drug-likeness (QED) is 0.601. The number of nitrogens with two attached hydrogens (primary N) is 1. The highest BCUT2D eigenvalue weighted by Gasteiger charge is 2.12. The first-order chi connectivity index (χ1) is 12.3. The number of primary sulfonamides is 1. The molecule has 140 valence electrons. The molecule has 1 amide bonds. The fourth-order valence-electron chi connectivity index (χ4n) is 2.56. The third kappa shape index (κ3) is 6.42. The van der Waals surface area contributed by atoms with Crippen LogP contribution in [0.3, 0.4) is 0 Å². The van der Waals surface area contributed by atoms with Gasteiger partial charge in [-0.1, -0.05) is 41.9 Å². The molecule has 0 aromatic heterocycles. The van der Waals surface area contributed by atoms with Crippen molar-refractivity contribution in [1.82, 2.24) is 5.32 Å². The molecule has 0 bridgehead atoms. The van der Waals surface area contributed by atoms with Gasteiger partial charge in [0.05, 0.1) is 11.9 Å². The number of likely N-dealkylation sites (N-methyl/N-ethyl adjacent to an activating group) is 1. The van der Waals surface area contributed by atoms with E-state index in [4.69, 9.17) is 16.7 Å². The van der Waals surface area contributed by atoms with Gasteiger partial charge >= 0.3 is 0 Å². The summed E-state index contributed by atoms with van der Waals surface area (Å²) in [6.07, 6.45) is 0.611. The van der Waals surface area contributed by atoms with Crippen LogP contribution in [-0.2, 0) is 27.8 Å². The van der Waals surface area contributed by atoms with Crippen molar-refractivity contribution in [2.24, 2.45) is 5.14 Å². The highest BCUT2D eigenvalue weighted by atomic mass is 35.5. The number of hydrogen-bond acceptors (Lipinski definition) is 3.